The Bertz CT molecular complexity index is 399. The Labute approximate surface area is 100.0 Å². The number of rotatable bonds is 1. The quantitative estimate of drug-likeness (QED) is 0.810. The van der Waals surface area contributed by atoms with Gasteiger partial charge in [-0.1, -0.05) is 0 Å². The Hall–Kier alpha value is -1.49. The highest BCUT2D eigenvalue weighted by Gasteiger charge is 2.46. The maximum absolute atomic E-state index is 11.7. The molecule has 1 N–H and O–H groups in total. The molecule has 0 atom stereocenters. The fourth-order valence-electron chi connectivity index (χ4n) is 1.75. The Balaban J connectivity index is 1.93. The molecule has 1 amide bonds. The molecule has 0 radical (unpaired) electrons. The lowest BCUT2D eigenvalue weighted by molar-refractivity contribution is -0.103. The molecule has 2 heterocycles. The number of aliphatic hydroxyl groups is 1. The van der Waals surface area contributed by atoms with Gasteiger partial charge in [0, 0.05) is 5.56 Å². The van der Waals surface area contributed by atoms with Crippen molar-refractivity contribution in [1.29, 1.82) is 0 Å². The highest BCUT2D eigenvalue weighted by Crippen LogP contribution is 2.32. The second-order valence-electron chi connectivity index (χ2n) is 5.38. The van der Waals surface area contributed by atoms with Crippen molar-refractivity contribution < 1.29 is 19.1 Å². The van der Waals surface area contributed by atoms with Gasteiger partial charge in [0.1, 0.15) is 11.2 Å². The summed E-state index contributed by atoms with van der Waals surface area (Å²) in [5.41, 5.74) is -0.818. The van der Waals surface area contributed by atoms with E-state index in [1.54, 1.807) is 6.07 Å². The predicted molar refractivity (Wildman–Crippen MR) is 60.4 cm³/mol. The van der Waals surface area contributed by atoms with Gasteiger partial charge in [-0.25, -0.2) is 4.79 Å². The molecule has 0 unspecified atom stereocenters. The third-order valence-electron chi connectivity index (χ3n) is 2.62. The van der Waals surface area contributed by atoms with Crippen molar-refractivity contribution in [3.05, 3.63) is 24.2 Å². The van der Waals surface area contributed by atoms with Crippen LogP contribution in [-0.2, 0) is 10.3 Å². The molecular formula is C12H17NO4. The van der Waals surface area contributed by atoms with E-state index in [9.17, 15) is 9.90 Å². The van der Waals surface area contributed by atoms with Crippen LogP contribution in [0.5, 0.6) is 0 Å². The summed E-state index contributed by atoms with van der Waals surface area (Å²) >= 11 is 0. The maximum Gasteiger partial charge on any atom is 0.410 e. The smallest absolute Gasteiger partial charge is 0.410 e. The maximum atomic E-state index is 11.7. The number of amides is 1. The van der Waals surface area contributed by atoms with Crippen molar-refractivity contribution in [2.75, 3.05) is 13.1 Å². The first-order valence-corrected chi connectivity index (χ1v) is 5.53. The molecule has 5 nitrogen and oxygen atoms in total. The molecule has 1 fully saturated rings. The molecule has 94 valence electrons. The summed E-state index contributed by atoms with van der Waals surface area (Å²) < 4.78 is 10.1. The van der Waals surface area contributed by atoms with E-state index in [0.29, 0.717) is 5.56 Å². The van der Waals surface area contributed by atoms with E-state index in [2.05, 4.69) is 0 Å². The van der Waals surface area contributed by atoms with Gasteiger partial charge < -0.3 is 19.2 Å². The second kappa shape index (κ2) is 3.77. The average Bonchev–Trinajstić information content (AvgIpc) is 2.62. The SMILES string of the molecule is CC(C)(C)OC(=O)N1CC(O)(c2ccoc2)C1. The fourth-order valence-corrected chi connectivity index (χ4v) is 1.75. The van der Waals surface area contributed by atoms with Crippen molar-refractivity contribution in [3.8, 4) is 0 Å². The van der Waals surface area contributed by atoms with E-state index in [4.69, 9.17) is 9.15 Å². The van der Waals surface area contributed by atoms with E-state index < -0.39 is 17.3 Å². The van der Waals surface area contributed by atoms with Gasteiger partial charge in [-0.05, 0) is 26.8 Å². The molecular weight excluding hydrogens is 222 g/mol. The topological polar surface area (TPSA) is 62.9 Å². The zero-order valence-corrected chi connectivity index (χ0v) is 10.3. The normalized spacial score (nSPS) is 18.7. The number of β-amino-alcohol motifs (C(OH)–C–C–N with tert-alkyl or cyclic N) is 1. The van der Waals surface area contributed by atoms with E-state index in [0.717, 1.165) is 0 Å². The number of hydrogen-bond donors (Lipinski definition) is 1. The minimum Gasteiger partial charge on any atom is -0.472 e. The lowest BCUT2D eigenvalue weighted by Crippen LogP contribution is -2.61. The predicted octanol–water partition coefficient (Wildman–Crippen LogP) is 1.72. The summed E-state index contributed by atoms with van der Waals surface area (Å²) in [6.07, 6.45) is 2.60. The number of likely N-dealkylation sites (tertiary alicyclic amines) is 1. The van der Waals surface area contributed by atoms with Crippen molar-refractivity contribution in [2.45, 2.75) is 32.0 Å². The molecule has 0 saturated carbocycles. The largest absolute Gasteiger partial charge is 0.472 e. The third kappa shape index (κ3) is 2.44. The van der Waals surface area contributed by atoms with Gasteiger partial charge in [-0.15, -0.1) is 0 Å². The van der Waals surface area contributed by atoms with Crippen molar-refractivity contribution in [1.82, 2.24) is 4.90 Å². The number of nitrogens with zero attached hydrogens (tertiary/aromatic N) is 1. The Morgan fingerprint density at radius 1 is 1.53 bits per heavy atom. The lowest BCUT2D eigenvalue weighted by Gasteiger charge is -2.45. The van der Waals surface area contributed by atoms with Gasteiger partial charge in [-0.3, -0.25) is 0 Å². The summed E-state index contributed by atoms with van der Waals surface area (Å²) in [6.45, 7) is 5.91. The van der Waals surface area contributed by atoms with Crippen molar-refractivity contribution in [2.24, 2.45) is 0 Å². The van der Waals surface area contributed by atoms with Crippen LogP contribution >= 0.6 is 0 Å². The first-order valence-electron chi connectivity index (χ1n) is 5.53. The number of carbonyl (C=O) groups is 1. The van der Waals surface area contributed by atoms with Crippen molar-refractivity contribution in [3.63, 3.8) is 0 Å². The van der Waals surface area contributed by atoms with Crippen LogP contribution in [0, 0.1) is 0 Å². The van der Waals surface area contributed by atoms with E-state index in [1.165, 1.54) is 17.4 Å². The third-order valence-corrected chi connectivity index (χ3v) is 2.62. The highest BCUT2D eigenvalue weighted by molar-refractivity contribution is 5.69. The first kappa shape index (κ1) is 12.0. The van der Waals surface area contributed by atoms with Crippen LogP contribution in [0.25, 0.3) is 0 Å². The zero-order valence-electron chi connectivity index (χ0n) is 10.3. The molecule has 0 bridgehead atoms. The van der Waals surface area contributed by atoms with Crippen molar-refractivity contribution >= 4 is 6.09 Å². The second-order valence-corrected chi connectivity index (χ2v) is 5.38. The Morgan fingerprint density at radius 3 is 2.65 bits per heavy atom. The standard InChI is InChI=1S/C12H17NO4/c1-11(2,3)17-10(14)13-7-12(15,8-13)9-4-5-16-6-9/h4-6,15H,7-8H2,1-3H3. The van der Waals surface area contributed by atoms with Gasteiger partial charge in [-0.2, -0.15) is 0 Å². The minimum atomic E-state index is -0.996. The van der Waals surface area contributed by atoms with Crippen LogP contribution < -0.4 is 0 Å². The molecule has 2 rings (SSSR count). The molecule has 0 aromatic carbocycles. The number of carbonyl (C=O) groups excluding carboxylic acids is 1. The van der Waals surface area contributed by atoms with Gasteiger partial charge in [0.05, 0.1) is 25.6 Å². The lowest BCUT2D eigenvalue weighted by atomic mass is 9.88. The minimum absolute atomic E-state index is 0.238. The summed E-state index contributed by atoms with van der Waals surface area (Å²) in [5.74, 6) is 0. The van der Waals surface area contributed by atoms with E-state index in [1.807, 2.05) is 20.8 Å². The van der Waals surface area contributed by atoms with Crippen LogP contribution in [0.3, 0.4) is 0 Å². The van der Waals surface area contributed by atoms with Crippen LogP contribution in [0.15, 0.2) is 23.0 Å². The summed E-state index contributed by atoms with van der Waals surface area (Å²) in [4.78, 5) is 13.1. The molecule has 1 aromatic heterocycles. The van der Waals surface area contributed by atoms with Crippen LogP contribution in [0.2, 0.25) is 0 Å². The molecule has 1 aliphatic rings. The molecule has 1 saturated heterocycles. The van der Waals surface area contributed by atoms with Crippen LogP contribution in [0.1, 0.15) is 26.3 Å². The van der Waals surface area contributed by atoms with E-state index >= 15 is 0 Å². The van der Waals surface area contributed by atoms with Gasteiger partial charge in [0.15, 0.2) is 0 Å². The molecule has 1 aliphatic heterocycles. The molecule has 5 heteroatoms. The summed E-state index contributed by atoms with van der Waals surface area (Å²) in [5, 5.41) is 10.2. The molecule has 0 spiro atoms. The number of ether oxygens (including phenoxy) is 1. The number of hydrogen-bond acceptors (Lipinski definition) is 4. The molecule has 1 aromatic rings. The average molecular weight is 239 g/mol. The molecule has 17 heavy (non-hydrogen) atoms. The van der Waals surface area contributed by atoms with Gasteiger partial charge in [0.25, 0.3) is 0 Å². The summed E-state index contributed by atoms with van der Waals surface area (Å²) in [7, 11) is 0. The van der Waals surface area contributed by atoms with Crippen LogP contribution in [0.4, 0.5) is 4.79 Å². The van der Waals surface area contributed by atoms with Gasteiger partial charge in [0.2, 0.25) is 0 Å². The van der Waals surface area contributed by atoms with Gasteiger partial charge >= 0.3 is 6.09 Å². The zero-order chi connectivity index (χ0) is 12.7. The first-order chi connectivity index (χ1) is 7.80. The Morgan fingerprint density at radius 2 is 2.18 bits per heavy atom. The monoisotopic (exact) mass is 239 g/mol. The number of furan rings is 1. The fraction of sp³-hybridized carbons (Fsp3) is 0.583. The summed E-state index contributed by atoms with van der Waals surface area (Å²) in [6, 6.07) is 1.70. The Kier molecular flexibility index (Phi) is 2.66. The molecule has 0 aliphatic carbocycles. The highest BCUT2D eigenvalue weighted by atomic mass is 16.6. The van der Waals surface area contributed by atoms with E-state index in [-0.39, 0.29) is 13.1 Å². The van der Waals surface area contributed by atoms with Crippen LogP contribution in [-0.4, -0.2) is 34.8 Å².